The number of rotatable bonds is 6. The summed E-state index contributed by atoms with van der Waals surface area (Å²) in [6, 6.07) is 15.9. The monoisotopic (exact) mass is 617 g/mol. The van der Waals surface area contributed by atoms with Crippen LogP contribution in [0.2, 0.25) is 0 Å². The maximum Gasteiger partial charge on any atom is 0.319 e. The van der Waals surface area contributed by atoms with Crippen molar-refractivity contribution in [2.24, 2.45) is 0 Å². The molecule has 0 spiro atoms. The summed E-state index contributed by atoms with van der Waals surface area (Å²) in [4.78, 5) is 19.1. The number of anilines is 1. The molecule has 2 saturated heterocycles. The number of fused-ring (bicyclic) bond motifs is 2. The molecule has 46 heavy (non-hydrogen) atoms. The van der Waals surface area contributed by atoms with Gasteiger partial charge in [-0.3, -0.25) is 4.90 Å². The van der Waals surface area contributed by atoms with E-state index in [0.29, 0.717) is 53.8 Å². The molecular formula is C37H33F2N5O2. The molecule has 9 heteroatoms. The van der Waals surface area contributed by atoms with Crippen LogP contribution in [0.3, 0.4) is 0 Å². The van der Waals surface area contributed by atoms with Gasteiger partial charge < -0.3 is 14.7 Å². The van der Waals surface area contributed by atoms with Crippen LogP contribution >= 0.6 is 0 Å². The number of hydrogen-bond acceptors (Lipinski definition) is 7. The highest BCUT2D eigenvalue weighted by Crippen LogP contribution is 2.42. The number of nitrogens with zero attached hydrogens (tertiary/aromatic N) is 5. The van der Waals surface area contributed by atoms with Crippen molar-refractivity contribution >= 4 is 27.5 Å². The predicted octanol–water partition coefficient (Wildman–Crippen LogP) is 6.77. The van der Waals surface area contributed by atoms with Crippen LogP contribution in [0.5, 0.6) is 11.8 Å². The summed E-state index contributed by atoms with van der Waals surface area (Å²) in [7, 11) is 0. The third kappa shape index (κ3) is 4.71. The first-order valence-corrected chi connectivity index (χ1v) is 15.9. The first-order chi connectivity index (χ1) is 22.4. The van der Waals surface area contributed by atoms with Gasteiger partial charge in [0.05, 0.1) is 22.2 Å². The van der Waals surface area contributed by atoms with Gasteiger partial charge in [-0.25, -0.2) is 13.8 Å². The number of terminal acetylenes is 1. The van der Waals surface area contributed by atoms with Crippen molar-refractivity contribution in [3.8, 4) is 35.4 Å². The highest BCUT2D eigenvalue weighted by molar-refractivity contribution is 6.03. The fourth-order valence-electron chi connectivity index (χ4n) is 7.77. The molecule has 5 heterocycles. The fourth-order valence-corrected chi connectivity index (χ4v) is 7.77. The molecular weight excluding hydrogens is 584 g/mol. The Kier molecular flexibility index (Phi) is 6.98. The smallest absolute Gasteiger partial charge is 0.319 e. The zero-order valence-electron chi connectivity index (χ0n) is 25.4. The van der Waals surface area contributed by atoms with Gasteiger partial charge in [0, 0.05) is 24.0 Å². The van der Waals surface area contributed by atoms with Gasteiger partial charge in [-0.05, 0) is 80.8 Å². The van der Waals surface area contributed by atoms with Crippen molar-refractivity contribution in [3.05, 3.63) is 83.1 Å². The van der Waals surface area contributed by atoms with E-state index in [2.05, 4.69) is 27.9 Å². The molecule has 0 unspecified atom stereocenters. The number of phenolic OH excluding ortho intramolecular Hbond substituents is 1. The molecule has 232 valence electrons. The predicted molar refractivity (Wildman–Crippen MR) is 174 cm³/mol. The number of phenols is 1. The van der Waals surface area contributed by atoms with E-state index < -0.39 is 11.6 Å². The standard InChI is InChI=1S/C37H33F2N5O2/c1-2-26-28(38)13-12-24-19-25(45)20-27(30(24)26)33-32(39)34-31-29(40-33)11-6-16-43(21-23-9-4-3-5-10-23)35(31)42-36(41-34)46-22-37-14-7-17-44(37)18-8-15-37/h1,3-5,9-10,12-13,19-20,45H,6-8,11,14-18,21-22H2. The van der Waals surface area contributed by atoms with Gasteiger partial charge in [-0.2, -0.15) is 9.97 Å². The largest absolute Gasteiger partial charge is 0.508 e. The minimum Gasteiger partial charge on any atom is -0.508 e. The Morgan fingerprint density at radius 3 is 2.52 bits per heavy atom. The molecule has 2 aromatic heterocycles. The first-order valence-electron chi connectivity index (χ1n) is 15.9. The second-order valence-electron chi connectivity index (χ2n) is 12.7. The lowest BCUT2D eigenvalue weighted by atomic mass is 9.95. The van der Waals surface area contributed by atoms with Crippen LogP contribution in [0.25, 0.3) is 32.9 Å². The van der Waals surface area contributed by atoms with Crippen molar-refractivity contribution in [1.29, 1.82) is 0 Å². The number of aromatic hydroxyl groups is 1. The summed E-state index contributed by atoms with van der Waals surface area (Å²) in [6.45, 7) is 3.80. The number of hydrogen-bond donors (Lipinski definition) is 1. The first kappa shape index (κ1) is 28.6. The van der Waals surface area contributed by atoms with E-state index >= 15 is 4.39 Å². The normalized spacial score (nSPS) is 17.3. The van der Waals surface area contributed by atoms with Crippen molar-refractivity contribution in [2.45, 2.75) is 50.6 Å². The third-order valence-electron chi connectivity index (χ3n) is 9.91. The Hall–Kier alpha value is -4.81. The average Bonchev–Trinajstić information content (AvgIpc) is 3.60. The van der Waals surface area contributed by atoms with E-state index in [4.69, 9.17) is 26.1 Å². The van der Waals surface area contributed by atoms with E-state index in [0.717, 1.165) is 50.8 Å². The zero-order valence-corrected chi connectivity index (χ0v) is 25.4. The average molecular weight is 618 g/mol. The molecule has 2 fully saturated rings. The van der Waals surface area contributed by atoms with Crippen LogP contribution in [-0.2, 0) is 13.0 Å². The van der Waals surface area contributed by atoms with Crippen LogP contribution in [0, 0.1) is 24.0 Å². The van der Waals surface area contributed by atoms with Gasteiger partial charge in [0.2, 0.25) is 0 Å². The SMILES string of the molecule is C#Cc1c(F)ccc2cc(O)cc(-c3nc4c5c(nc(OCC67CCCN6CCC7)nc5c3F)N(Cc3ccccc3)CCC4)c12. The van der Waals surface area contributed by atoms with Crippen LogP contribution in [0.15, 0.2) is 54.6 Å². The maximum absolute atomic E-state index is 17.0. The van der Waals surface area contributed by atoms with Crippen LogP contribution in [0.1, 0.15) is 48.9 Å². The van der Waals surface area contributed by atoms with E-state index in [1.165, 1.54) is 24.3 Å². The topological polar surface area (TPSA) is 74.6 Å². The molecule has 0 amide bonds. The molecule has 0 saturated carbocycles. The number of halogens is 2. The van der Waals surface area contributed by atoms with E-state index in [1.54, 1.807) is 0 Å². The second-order valence-corrected chi connectivity index (χ2v) is 12.7. The highest BCUT2D eigenvalue weighted by atomic mass is 19.1. The Morgan fingerprint density at radius 1 is 0.935 bits per heavy atom. The molecule has 0 aliphatic carbocycles. The van der Waals surface area contributed by atoms with Crippen molar-refractivity contribution < 1.29 is 18.6 Å². The molecule has 8 rings (SSSR count). The van der Waals surface area contributed by atoms with Crippen LogP contribution in [0.4, 0.5) is 14.6 Å². The number of aryl methyl sites for hydroxylation is 1. The number of ether oxygens (including phenoxy) is 1. The van der Waals surface area contributed by atoms with Gasteiger partial charge >= 0.3 is 6.01 Å². The third-order valence-corrected chi connectivity index (χ3v) is 9.91. The summed E-state index contributed by atoms with van der Waals surface area (Å²) in [5, 5.41) is 12.0. The summed E-state index contributed by atoms with van der Waals surface area (Å²) >= 11 is 0. The molecule has 1 N–H and O–H groups in total. The number of benzene rings is 3. The lowest BCUT2D eigenvalue weighted by Crippen LogP contribution is -2.43. The number of pyridine rings is 1. The van der Waals surface area contributed by atoms with Gasteiger partial charge in [0.15, 0.2) is 5.82 Å². The Balaban J connectivity index is 1.33. The lowest BCUT2D eigenvalue weighted by Gasteiger charge is -2.31. The molecule has 0 bridgehead atoms. The van der Waals surface area contributed by atoms with Crippen molar-refractivity contribution in [2.75, 3.05) is 31.1 Å². The summed E-state index contributed by atoms with van der Waals surface area (Å²) < 4.78 is 38.4. The minimum absolute atomic E-state index is 0.0157. The van der Waals surface area contributed by atoms with E-state index in [1.807, 2.05) is 18.2 Å². The molecule has 0 radical (unpaired) electrons. The highest BCUT2D eigenvalue weighted by Gasteiger charge is 2.45. The van der Waals surface area contributed by atoms with Gasteiger partial charge in [-0.1, -0.05) is 42.3 Å². The lowest BCUT2D eigenvalue weighted by molar-refractivity contribution is 0.108. The molecule has 0 atom stereocenters. The van der Waals surface area contributed by atoms with Crippen molar-refractivity contribution in [3.63, 3.8) is 0 Å². The number of aromatic nitrogens is 3. The fraction of sp³-hybridized carbons (Fsp3) is 0.324. The molecule has 7 nitrogen and oxygen atoms in total. The van der Waals surface area contributed by atoms with Gasteiger partial charge in [0.1, 0.15) is 35.2 Å². The summed E-state index contributed by atoms with van der Waals surface area (Å²) in [5.41, 5.74) is 1.92. The Morgan fingerprint density at radius 2 is 1.74 bits per heavy atom. The second kappa shape index (κ2) is 11.2. The van der Waals surface area contributed by atoms with Crippen LogP contribution in [-0.4, -0.2) is 56.7 Å². The van der Waals surface area contributed by atoms with Gasteiger partial charge in [0.25, 0.3) is 0 Å². The molecule has 5 aromatic rings. The van der Waals surface area contributed by atoms with Crippen LogP contribution < -0.4 is 9.64 Å². The summed E-state index contributed by atoms with van der Waals surface area (Å²) in [5.74, 6) is 1.59. The Labute approximate surface area is 265 Å². The minimum atomic E-state index is -0.700. The molecule has 3 aliphatic heterocycles. The zero-order chi connectivity index (χ0) is 31.4. The van der Waals surface area contributed by atoms with E-state index in [-0.39, 0.29) is 39.6 Å². The molecule has 3 aromatic carbocycles. The Bertz CT molecular complexity index is 2030. The quantitative estimate of drug-likeness (QED) is 0.211. The van der Waals surface area contributed by atoms with Gasteiger partial charge in [-0.15, -0.1) is 6.42 Å². The molecule has 3 aliphatic rings. The maximum atomic E-state index is 17.0. The van der Waals surface area contributed by atoms with E-state index in [9.17, 15) is 9.50 Å². The summed E-state index contributed by atoms with van der Waals surface area (Å²) in [6.07, 6.45) is 11.4. The van der Waals surface area contributed by atoms with Crippen molar-refractivity contribution in [1.82, 2.24) is 19.9 Å².